The highest BCUT2D eigenvalue weighted by atomic mass is 32.2. The Labute approximate surface area is 67.4 Å². The molecule has 0 aliphatic rings. The molecule has 1 heterocycles. The van der Waals surface area contributed by atoms with Gasteiger partial charge in [-0.1, -0.05) is 4.36 Å². The van der Waals surface area contributed by atoms with E-state index in [1.165, 1.54) is 11.7 Å². The fourth-order valence-corrected chi connectivity index (χ4v) is 1.23. The Morgan fingerprint density at radius 1 is 1.64 bits per heavy atom. The molecule has 0 unspecified atom stereocenters. The van der Waals surface area contributed by atoms with Crippen molar-refractivity contribution < 1.29 is 13.2 Å². The molecule has 0 aliphatic heterocycles. The van der Waals surface area contributed by atoms with E-state index in [0.717, 1.165) is 11.3 Å². The first-order valence-electron chi connectivity index (χ1n) is 2.44. The van der Waals surface area contributed by atoms with Crippen molar-refractivity contribution in [2.45, 2.75) is 0 Å². The van der Waals surface area contributed by atoms with E-state index in [0.29, 0.717) is 0 Å². The number of hydrogen-bond donors (Lipinski definition) is 0. The van der Waals surface area contributed by atoms with Crippen molar-refractivity contribution in [1.29, 1.82) is 0 Å². The molecule has 1 amide bonds. The van der Waals surface area contributed by atoms with Crippen LogP contribution in [0.3, 0.4) is 0 Å². The lowest BCUT2D eigenvalue weighted by Crippen LogP contribution is -1.88. The number of nitrogens with zero attached hydrogens (tertiary/aromatic N) is 2. The molecule has 0 saturated heterocycles. The summed E-state index contributed by atoms with van der Waals surface area (Å²) in [5.74, 6) is -0.777. The number of aromatic nitrogens is 1. The average Bonchev–Trinajstić information content (AvgIpc) is 2.35. The van der Waals surface area contributed by atoms with E-state index in [9.17, 15) is 13.2 Å². The summed E-state index contributed by atoms with van der Waals surface area (Å²) in [6.07, 6.45) is 1.27. The Balaban J connectivity index is 2.97. The zero-order chi connectivity index (χ0) is 8.27. The van der Waals surface area contributed by atoms with E-state index in [4.69, 9.17) is 0 Å². The van der Waals surface area contributed by atoms with Gasteiger partial charge in [-0.3, -0.25) is 9.78 Å². The number of rotatable bonds is 1. The van der Waals surface area contributed by atoms with Crippen LogP contribution in [0.2, 0.25) is 0 Å². The molecule has 0 fully saturated rings. The molecule has 0 aromatic carbocycles. The van der Waals surface area contributed by atoms with Gasteiger partial charge in [0.25, 0.3) is 0 Å². The third-order valence-corrected chi connectivity index (χ3v) is 1.88. The van der Waals surface area contributed by atoms with Crippen LogP contribution in [0.15, 0.2) is 16.1 Å². The Kier molecular flexibility index (Phi) is 2.44. The molecule has 5 nitrogen and oxygen atoms in total. The van der Waals surface area contributed by atoms with Crippen LogP contribution in [-0.2, 0) is 10.5 Å². The zero-order valence-electron chi connectivity index (χ0n) is 5.09. The molecule has 1 aromatic heterocycles. The minimum Gasteiger partial charge on any atom is -0.265 e. The molecule has 0 N–H and O–H groups in total. The maximum atomic E-state index is 10.7. The number of thiazole rings is 1. The molecule has 0 saturated carbocycles. The molecule has 1 aromatic rings. The van der Waals surface area contributed by atoms with Gasteiger partial charge in [0.15, 0.2) is 0 Å². The SMILES string of the molecule is O=C(N=S(=O)=O)c1cncs1. The van der Waals surface area contributed by atoms with Crippen molar-refractivity contribution in [2.24, 2.45) is 4.36 Å². The lowest BCUT2D eigenvalue weighted by molar-refractivity contribution is 0.101. The molecule has 0 bridgehead atoms. The van der Waals surface area contributed by atoms with Crippen molar-refractivity contribution in [3.8, 4) is 0 Å². The predicted octanol–water partition coefficient (Wildman–Crippen LogP) is 0.346. The van der Waals surface area contributed by atoms with Gasteiger partial charge < -0.3 is 0 Å². The van der Waals surface area contributed by atoms with Gasteiger partial charge in [0, 0.05) is 0 Å². The lowest BCUT2D eigenvalue weighted by atomic mass is 10.5. The summed E-state index contributed by atoms with van der Waals surface area (Å²) in [5, 5.41) is 0. The second-order valence-corrected chi connectivity index (χ2v) is 2.98. The molecule has 1 rings (SSSR count). The third kappa shape index (κ3) is 2.20. The zero-order valence-corrected chi connectivity index (χ0v) is 6.72. The minimum atomic E-state index is -2.68. The van der Waals surface area contributed by atoms with Gasteiger partial charge in [-0.2, -0.15) is 8.42 Å². The van der Waals surface area contributed by atoms with Crippen LogP contribution < -0.4 is 0 Å². The summed E-state index contributed by atoms with van der Waals surface area (Å²) < 4.78 is 22.6. The molecule has 7 heteroatoms. The van der Waals surface area contributed by atoms with Crippen molar-refractivity contribution >= 4 is 27.7 Å². The predicted molar refractivity (Wildman–Crippen MR) is 37.8 cm³/mol. The summed E-state index contributed by atoms with van der Waals surface area (Å²) in [7, 11) is -2.68. The standard InChI is InChI=1S/C4H2N2O3S2/c7-4(6-11(8)9)3-1-5-2-10-3/h1-2H. The number of carbonyl (C=O) groups excluding carboxylic acids is 1. The minimum absolute atomic E-state index is 0.217. The van der Waals surface area contributed by atoms with Gasteiger partial charge >= 0.3 is 16.4 Å². The lowest BCUT2D eigenvalue weighted by Gasteiger charge is -1.78. The first-order chi connectivity index (χ1) is 5.20. The van der Waals surface area contributed by atoms with Crippen molar-refractivity contribution in [3.63, 3.8) is 0 Å². The van der Waals surface area contributed by atoms with Crippen LogP contribution >= 0.6 is 11.3 Å². The fourth-order valence-electron chi connectivity index (χ4n) is 0.434. The molecule has 11 heavy (non-hydrogen) atoms. The second kappa shape index (κ2) is 3.35. The highest BCUT2D eigenvalue weighted by molar-refractivity contribution is 7.62. The highest BCUT2D eigenvalue weighted by Crippen LogP contribution is 2.06. The Morgan fingerprint density at radius 2 is 2.36 bits per heavy atom. The van der Waals surface area contributed by atoms with Gasteiger partial charge in [0.1, 0.15) is 4.88 Å². The molecule has 0 atom stereocenters. The largest absolute Gasteiger partial charge is 0.319 e. The van der Waals surface area contributed by atoms with Crippen LogP contribution in [0.1, 0.15) is 9.67 Å². The fraction of sp³-hybridized carbons (Fsp3) is 0. The van der Waals surface area contributed by atoms with Crippen LogP contribution in [0, 0.1) is 0 Å². The molecule has 58 valence electrons. The van der Waals surface area contributed by atoms with Crippen LogP contribution in [-0.4, -0.2) is 19.3 Å². The summed E-state index contributed by atoms with van der Waals surface area (Å²) >= 11 is 1.05. The van der Waals surface area contributed by atoms with Gasteiger partial charge in [-0.05, 0) is 0 Å². The molecular formula is C4H2N2O3S2. The summed E-state index contributed by atoms with van der Waals surface area (Å²) in [5.41, 5.74) is 1.43. The van der Waals surface area contributed by atoms with Crippen LogP contribution in [0.25, 0.3) is 0 Å². The van der Waals surface area contributed by atoms with Gasteiger partial charge in [-0.25, -0.2) is 0 Å². The summed E-state index contributed by atoms with van der Waals surface area (Å²) in [6, 6.07) is 0. The third-order valence-electron chi connectivity index (χ3n) is 0.801. The highest BCUT2D eigenvalue weighted by Gasteiger charge is 2.04. The maximum Gasteiger partial charge on any atom is 0.319 e. The molecule has 0 aliphatic carbocycles. The molecule has 0 spiro atoms. The quantitative estimate of drug-likeness (QED) is 0.640. The second-order valence-electron chi connectivity index (χ2n) is 1.48. The number of hydrogen-bond acceptors (Lipinski definition) is 5. The Hall–Kier alpha value is -1.08. The van der Waals surface area contributed by atoms with Gasteiger partial charge in [-0.15, -0.1) is 11.3 Å². The van der Waals surface area contributed by atoms with E-state index in [-0.39, 0.29) is 4.88 Å². The summed E-state index contributed by atoms with van der Waals surface area (Å²) in [6.45, 7) is 0. The van der Waals surface area contributed by atoms with E-state index >= 15 is 0 Å². The number of amides is 1. The van der Waals surface area contributed by atoms with E-state index < -0.39 is 16.4 Å². The monoisotopic (exact) mass is 190 g/mol. The first kappa shape index (κ1) is 8.02. The molecular weight excluding hydrogens is 188 g/mol. The first-order valence-corrected chi connectivity index (χ1v) is 4.35. The van der Waals surface area contributed by atoms with Crippen LogP contribution in [0.5, 0.6) is 0 Å². The average molecular weight is 190 g/mol. The smallest absolute Gasteiger partial charge is 0.265 e. The topological polar surface area (TPSA) is 76.5 Å². The normalized spacial score (nSPS) is 9.09. The van der Waals surface area contributed by atoms with Gasteiger partial charge in [0.2, 0.25) is 0 Å². The van der Waals surface area contributed by atoms with Crippen molar-refractivity contribution in [1.82, 2.24) is 4.98 Å². The van der Waals surface area contributed by atoms with Crippen molar-refractivity contribution in [2.75, 3.05) is 0 Å². The summed E-state index contributed by atoms with van der Waals surface area (Å²) in [4.78, 5) is 14.5. The Morgan fingerprint density at radius 3 is 2.82 bits per heavy atom. The van der Waals surface area contributed by atoms with E-state index in [2.05, 4.69) is 9.35 Å². The molecule has 0 radical (unpaired) electrons. The van der Waals surface area contributed by atoms with E-state index in [1.54, 1.807) is 0 Å². The van der Waals surface area contributed by atoms with E-state index in [1.807, 2.05) is 0 Å². The Bertz CT molecular complexity index is 369. The maximum absolute atomic E-state index is 10.7. The number of carbonyl (C=O) groups is 1. The van der Waals surface area contributed by atoms with Gasteiger partial charge in [0.05, 0.1) is 11.7 Å². The van der Waals surface area contributed by atoms with Crippen LogP contribution in [0.4, 0.5) is 0 Å². The van der Waals surface area contributed by atoms with Crippen molar-refractivity contribution in [3.05, 3.63) is 16.6 Å².